The lowest BCUT2D eigenvalue weighted by Gasteiger charge is -2.20. The monoisotopic (exact) mass is 502 g/mol. The van der Waals surface area contributed by atoms with Crippen LogP contribution >= 0.6 is 15.9 Å². The van der Waals surface area contributed by atoms with Crippen molar-refractivity contribution in [2.75, 3.05) is 18.0 Å². The fraction of sp³-hybridized carbons (Fsp3) is 0.174. The Kier molecular flexibility index (Phi) is 7.35. The zero-order valence-electron chi connectivity index (χ0n) is 17.2. The van der Waals surface area contributed by atoms with E-state index in [1.807, 2.05) is 31.2 Å². The van der Waals surface area contributed by atoms with Gasteiger partial charge in [0.15, 0.2) is 6.61 Å². The van der Waals surface area contributed by atoms with Crippen molar-refractivity contribution in [1.29, 1.82) is 0 Å². The minimum Gasteiger partial charge on any atom is -0.484 e. The molecule has 0 fully saturated rings. The second-order valence-corrected chi connectivity index (χ2v) is 9.80. The molecule has 31 heavy (non-hydrogen) atoms. The number of rotatable bonds is 8. The zero-order chi connectivity index (χ0) is 22.4. The average molecular weight is 503 g/mol. The van der Waals surface area contributed by atoms with Gasteiger partial charge >= 0.3 is 0 Å². The van der Waals surface area contributed by atoms with Crippen LogP contribution in [0.3, 0.4) is 0 Å². The van der Waals surface area contributed by atoms with Crippen LogP contribution in [0.5, 0.6) is 5.75 Å². The second-order valence-electron chi connectivity index (χ2n) is 6.91. The smallest absolute Gasteiger partial charge is 0.264 e. The summed E-state index contributed by atoms with van der Waals surface area (Å²) in [6.07, 6.45) is 0. The largest absolute Gasteiger partial charge is 0.484 e. The first-order chi connectivity index (χ1) is 14.8. The Morgan fingerprint density at radius 2 is 1.71 bits per heavy atom. The maximum absolute atomic E-state index is 12.7. The molecular weight excluding hydrogens is 480 g/mol. The van der Waals surface area contributed by atoms with Gasteiger partial charge in [0.1, 0.15) is 5.75 Å². The predicted molar refractivity (Wildman–Crippen MR) is 125 cm³/mol. The van der Waals surface area contributed by atoms with Gasteiger partial charge in [-0.15, -0.1) is 0 Å². The molecule has 162 valence electrons. The molecule has 1 N–H and O–H groups in total. The summed E-state index contributed by atoms with van der Waals surface area (Å²) in [7, 11) is -2.15. The van der Waals surface area contributed by atoms with Crippen LogP contribution in [0.2, 0.25) is 0 Å². The van der Waals surface area contributed by atoms with Gasteiger partial charge < -0.3 is 10.1 Å². The van der Waals surface area contributed by atoms with Crippen LogP contribution in [-0.2, 0) is 14.8 Å². The van der Waals surface area contributed by atoms with Gasteiger partial charge in [-0.25, -0.2) is 8.42 Å². The molecule has 0 saturated carbocycles. The molecule has 0 aliphatic carbocycles. The fourth-order valence-electron chi connectivity index (χ4n) is 2.93. The third-order valence-electron chi connectivity index (χ3n) is 4.70. The van der Waals surface area contributed by atoms with Crippen LogP contribution in [0, 0.1) is 0 Å². The van der Waals surface area contributed by atoms with Crippen molar-refractivity contribution in [3.63, 3.8) is 0 Å². The Hall–Kier alpha value is -2.84. The first-order valence-corrected chi connectivity index (χ1v) is 11.8. The number of amides is 1. The molecule has 3 aromatic carbocycles. The molecule has 1 amide bonds. The van der Waals surface area contributed by atoms with E-state index in [1.165, 1.54) is 11.4 Å². The summed E-state index contributed by atoms with van der Waals surface area (Å²) in [5.41, 5.74) is 1.47. The van der Waals surface area contributed by atoms with Crippen molar-refractivity contribution in [2.24, 2.45) is 0 Å². The van der Waals surface area contributed by atoms with Crippen molar-refractivity contribution < 1.29 is 17.9 Å². The second kappa shape index (κ2) is 9.98. The van der Waals surface area contributed by atoms with Crippen LogP contribution < -0.4 is 14.4 Å². The molecule has 0 aliphatic heterocycles. The highest BCUT2D eigenvalue weighted by atomic mass is 79.9. The summed E-state index contributed by atoms with van der Waals surface area (Å²) in [5, 5.41) is 2.89. The summed E-state index contributed by atoms with van der Waals surface area (Å²) in [6, 6.07) is 22.3. The third-order valence-corrected chi connectivity index (χ3v) is 6.99. The summed E-state index contributed by atoms with van der Waals surface area (Å²) in [4.78, 5) is 12.4. The molecule has 0 saturated heterocycles. The Morgan fingerprint density at radius 1 is 1.03 bits per heavy atom. The number of nitrogens with zero attached hydrogens (tertiary/aromatic N) is 1. The number of hydrogen-bond donors (Lipinski definition) is 1. The lowest BCUT2D eigenvalue weighted by Crippen LogP contribution is -2.31. The average Bonchev–Trinajstić information content (AvgIpc) is 2.78. The molecule has 0 unspecified atom stereocenters. The highest BCUT2D eigenvalue weighted by molar-refractivity contribution is 9.10. The van der Waals surface area contributed by atoms with Gasteiger partial charge in [-0.1, -0.05) is 46.3 Å². The Labute approximate surface area is 191 Å². The van der Waals surface area contributed by atoms with Crippen molar-refractivity contribution in [2.45, 2.75) is 17.9 Å². The topological polar surface area (TPSA) is 75.7 Å². The summed E-state index contributed by atoms with van der Waals surface area (Å²) < 4.78 is 33.1. The van der Waals surface area contributed by atoms with Crippen molar-refractivity contribution in [1.82, 2.24) is 5.32 Å². The highest BCUT2D eigenvalue weighted by Crippen LogP contribution is 2.24. The molecular formula is C23H23BrN2O4S. The van der Waals surface area contributed by atoms with E-state index < -0.39 is 10.0 Å². The molecule has 0 heterocycles. The number of hydrogen-bond acceptors (Lipinski definition) is 4. The molecule has 3 aromatic rings. The summed E-state index contributed by atoms with van der Waals surface area (Å²) in [6.45, 7) is 1.76. The van der Waals surface area contributed by atoms with Crippen LogP contribution in [0.15, 0.2) is 88.2 Å². The minimum atomic E-state index is -3.65. The molecule has 0 spiro atoms. The quantitative estimate of drug-likeness (QED) is 0.490. The predicted octanol–water partition coefficient (Wildman–Crippen LogP) is 4.53. The maximum atomic E-state index is 12.7. The normalized spacial score (nSPS) is 12.1. The van der Waals surface area contributed by atoms with E-state index in [1.54, 1.807) is 54.6 Å². The highest BCUT2D eigenvalue weighted by Gasteiger charge is 2.20. The minimum absolute atomic E-state index is 0.143. The van der Waals surface area contributed by atoms with Crippen LogP contribution in [0.1, 0.15) is 18.5 Å². The van der Waals surface area contributed by atoms with E-state index in [4.69, 9.17) is 4.74 Å². The van der Waals surface area contributed by atoms with Crippen molar-refractivity contribution in [3.8, 4) is 5.75 Å². The maximum Gasteiger partial charge on any atom is 0.264 e. The fourth-order valence-corrected chi connectivity index (χ4v) is 4.57. The van der Waals surface area contributed by atoms with E-state index in [2.05, 4.69) is 21.2 Å². The molecule has 0 radical (unpaired) electrons. The van der Waals surface area contributed by atoms with Gasteiger partial charge in [-0.2, -0.15) is 0 Å². The van der Waals surface area contributed by atoms with Crippen LogP contribution in [0.25, 0.3) is 0 Å². The van der Waals surface area contributed by atoms with Gasteiger partial charge in [-0.3, -0.25) is 9.10 Å². The zero-order valence-corrected chi connectivity index (χ0v) is 19.6. The number of nitrogens with one attached hydrogen (secondary N) is 1. The molecule has 3 rings (SSSR count). The Balaban J connectivity index is 1.57. The number of halogens is 1. The van der Waals surface area contributed by atoms with Gasteiger partial charge in [0, 0.05) is 11.5 Å². The van der Waals surface area contributed by atoms with Gasteiger partial charge in [-0.05, 0) is 61.0 Å². The first kappa shape index (κ1) is 22.8. The number of sulfonamides is 1. The van der Waals surface area contributed by atoms with E-state index in [-0.39, 0.29) is 23.5 Å². The van der Waals surface area contributed by atoms with Crippen LogP contribution in [0.4, 0.5) is 5.69 Å². The lowest BCUT2D eigenvalue weighted by molar-refractivity contribution is -0.123. The molecule has 0 aliphatic rings. The Morgan fingerprint density at radius 3 is 2.35 bits per heavy atom. The van der Waals surface area contributed by atoms with Crippen LogP contribution in [-0.4, -0.2) is 28.0 Å². The van der Waals surface area contributed by atoms with Gasteiger partial charge in [0.25, 0.3) is 15.9 Å². The standard InChI is InChI=1S/C23H23BrN2O4S/c1-17(18-7-6-8-19(24)15-18)25-23(27)16-30-21-13-11-20(12-14-21)26(2)31(28,29)22-9-4-3-5-10-22/h3-15,17H,16H2,1-2H3,(H,25,27)/t17-/m1/s1. The first-order valence-electron chi connectivity index (χ1n) is 9.59. The molecule has 0 bridgehead atoms. The van der Waals surface area contributed by atoms with Gasteiger partial charge in [0.2, 0.25) is 0 Å². The molecule has 1 atom stereocenters. The van der Waals surface area contributed by atoms with E-state index in [0.717, 1.165) is 10.0 Å². The van der Waals surface area contributed by atoms with Crippen molar-refractivity contribution in [3.05, 3.63) is 88.9 Å². The third kappa shape index (κ3) is 5.86. The van der Waals surface area contributed by atoms with E-state index >= 15 is 0 Å². The molecule has 6 nitrogen and oxygen atoms in total. The number of carbonyl (C=O) groups is 1. The van der Waals surface area contributed by atoms with E-state index in [9.17, 15) is 13.2 Å². The number of carbonyl (C=O) groups excluding carboxylic acids is 1. The summed E-state index contributed by atoms with van der Waals surface area (Å²) in [5.74, 6) is 0.222. The SMILES string of the molecule is C[C@@H](NC(=O)COc1ccc(N(C)S(=O)(=O)c2ccccc2)cc1)c1cccc(Br)c1. The Bertz CT molecular complexity index is 1140. The van der Waals surface area contributed by atoms with Crippen molar-refractivity contribution >= 4 is 37.5 Å². The summed E-state index contributed by atoms with van der Waals surface area (Å²) >= 11 is 3.42. The molecule has 0 aromatic heterocycles. The van der Waals surface area contributed by atoms with E-state index in [0.29, 0.717) is 11.4 Å². The number of anilines is 1. The molecule has 8 heteroatoms. The number of ether oxygens (including phenoxy) is 1. The number of benzene rings is 3. The van der Waals surface area contributed by atoms with Gasteiger partial charge in [0.05, 0.1) is 16.6 Å². The lowest BCUT2D eigenvalue weighted by atomic mass is 10.1.